The zero-order valence-corrected chi connectivity index (χ0v) is 17.4. The van der Waals surface area contributed by atoms with Crippen LogP contribution in [0.2, 0.25) is 0 Å². The van der Waals surface area contributed by atoms with Crippen molar-refractivity contribution in [3.63, 3.8) is 0 Å². The molecule has 0 radical (unpaired) electrons. The van der Waals surface area contributed by atoms with Gasteiger partial charge in [0, 0.05) is 22.1 Å². The van der Waals surface area contributed by atoms with Crippen molar-refractivity contribution in [1.82, 2.24) is 0 Å². The summed E-state index contributed by atoms with van der Waals surface area (Å²) in [5.41, 5.74) is 3.98. The molecule has 0 amide bonds. The number of hydrogen-bond acceptors (Lipinski definition) is 0. The highest BCUT2D eigenvalue weighted by Crippen LogP contribution is 2.30. The molecule has 4 heteroatoms. The second-order valence-corrected chi connectivity index (χ2v) is 7.65. The highest BCUT2D eigenvalue weighted by atomic mass is 19.4. The first-order valence-electron chi connectivity index (χ1n) is 10.3. The molecule has 0 saturated carbocycles. The minimum absolute atomic E-state index is 0.148. The third-order valence-electron chi connectivity index (χ3n) is 5.34. The van der Waals surface area contributed by atoms with Gasteiger partial charge < -0.3 is 0 Å². The smallest absolute Gasteiger partial charge is 0.206 e. The molecule has 0 aliphatic heterocycles. The van der Waals surface area contributed by atoms with Crippen molar-refractivity contribution in [2.75, 3.05) is 0 Å². The van der Waals surface area contributed by atoms with E-state index in [4.69, 9.17) is 0 Å². The molecule has 4 aromatic carbocycles. The Kier molecular flexibility index (Phi) is 6.01. The van der Waals surface area contributed by atoms with Crippen LogP contribution in [0, 0.1) is 17.7 Å². The summed E-state index contributed by atoms with van der Waals surface area (Å²) in [6, 6.07) is 22.6. The Morgan fingerprint density at radius 3 is 2.00 bits per heavy atom. The molecule has 32 heavy (non-hydrogen) atoms. The van der Waals surface area contributed by atoms with Gasteiger partial charge in [0.15, 0.2) is 0 Å². The summed E-state index contributed by atoms with van der Waals surface area (Å²) in [5.74, 6) is 5.84. The van der Waals surface area contributed by atoms with Crippen LogP contribution >= 0.6 is 0 Å². The lowest BCUT2D eigenvalue weighted by atomic mass is 9.98. The van der Waals surface area contributed by atoms with Crippen LogP contribution in [-0.4, -0.2) is 6.18 Å². The van der Waals surface area contributed by atoms with E-state index in [9.17, 15) is 13.2 Å². The Balaban J connectivity index is 1.60. The van der Waals surface area contributed by atoms with Crippen LogP contribution in [0.3, 0.4) is 0 Å². The lowest BCUT2D eigenvalue weighted by Gasteiger charge is -2.10. The molecule has 0 N–H and O–H groups in total. The maximum Gasteiger partial charge on any atom is 0.393 e. The lowest BCUT2D eigenvalue weighted by Crippen LogP contribution is -2.11. The normalized spacial score (nSPS) is 11.3. The van der Waals surface area contributed by atoms with Crippen LogP contribution in [0.15, 0.2) is 78.9 Å². The number of hydrogen-bond donors (Lipinski definition) is 0. The van der Waals surface area contributed by atoms with E-state index in [-0.39, 0.29) is 5.56 Å². The third-order valence-corrected chi connectivity index (χ3v) is 5.34. The molecule has 0 nitrogen and oxygen atoms in total. The summed E-state index contributed by atoms with van der Waals surface area (Å²) < 4.78 is 52.8. The van der Waals surface area contributed by atoms with Crippen LogP contribution in [0.25, 0.3) is 21.9 Å². The first kappa shape index (κ1) is 21.6. The van der Waals surface area contributed by atoms with E-state index >= 15 is 4.39 Å². The first-order chi connectivity index (χ1) is 15.3. The zero-order chi connectivity index (χ0) is 22.7. The monoisotopic (exact) mass is 432 g/mol. The highest BCUT2D eigenvalue weighted by Gasteiger charge is 2.27. The summed E-state index contributed by atoms with van der Waals surface area (Å²) in [5, 5.41) is 1.16. The Morgan fingerprint density at radius 1 is 0.719 bits per heavy atom. The maximum absolute atomic E-state index is 15.2. The fourth-order valence-electron chi connectivity index (χ4n) is 3.59. The molecule has 0 atom stereocenters. The number of rotatable bonds is 3. The zero-order valence-electron chi connectivity index (χ0n) is 17.4. The van der Waals surface area contributed by atoms with Crippen molar-refractivity contribution in [2.24, 2.45) is 0 Å². The molecule has 0 unspecified atom stereocenters. The number of benzene rings is 4. The molecule has 0 aliphatic carbocycles. The van der Waals surface area contributed by atoms with Crippen molar-refractivity contribution in [2.45, 2.75) is 25.9 Å². The third kappa shape index (κ3) is 5.00. The summed E-state index contributed by atoms with van der Waals surface area (Å²) in [6.45, 7) is 2.10. The van der Waals surface area contributed by atoms with Crippen LogP contribution in [0.5, 0.6) is 0 Å². The number of fused-ring (bicyclic) bond motifs is 1. The molecule has 0 heterocycles. The van der Waals surface area contributed by atoms with Crippen molar-refractivity contribution >= 4 is 10.8 Å². The van der Waals surface area contributed by atoms with Gasteiger partial charge in [-0.05, 0) is 52.8 Å². The topological polar surface area (TPSA) is 0 Å². The van der Waals surface area contributed by atoms with Crippen LogP contribution < -0.4 is 0 Å². The number of alkyl halides is 3. The Morgan fingerprint density at radius 2 is 1.34 bits per heavy atom. The predicted octanol–water partition coefficient (Wildman–Crippen LogP) is 7.71. The molecule has 4 aromatic rings. The Labute approximate surface area is 184 Å². The first-order valence-corrected chi connectivity index (χ1v) is 10.3. The van der Waals surface area contributed by atoms with E-state index in [1.165, 1.54) is 29.8 Å². The van der Waals surface area contributed by atoms with Crippen LogP contribution in [-0.2, 0) is 12.8 Å². The average Bonchev–Trinajstić information content (AvgIpc) is 2.78. The second kappa shape index (κ2) is 8.88. The molecule has 0 bridgehead atoms. The summed E-state index contributed by atoms with van der Waals surface area (Å²) in [7, 11) is 0. The van der Waals surface area contributed by atoms with E-state index in [2.05, 4.69) is 30.9 Å². The number of aryl methyl sites for hydroxylation is 1. The number of halogens is 4. The minimum Gasteiger partial charge on any atom is -0.206 e. The van der Waals surface area contributed by atoms with Crippen molar-refractivity contribution in [1.29, 1.82) is 0 Å². The summed E-state index contributed by atoms with van der Waals surface area (Å²) in [4.78, 5) is 0. The van der Waals surface area contributed by atoms with Gasteiger partial charge in [-0.15, -0.1) is 0 Å². The van der Waals surface area contributed by atoms with Gasteiger partial charge in [0.1, 0.15) is 5.82 Å². The Hall–Kier alpha value is -3.58. The largest absolute Gasteiger partial charge is 0.393 e. The fourth-order valence-corrected chi connectivity index (χ4v) is 3.59. The quantitative estimate of drug-likeness (QED) is 0.230. The molecule has 0 fully saturated rings. The van der Waals surface area contributed by atoms with E-state index < -0.39 is 18.4 Å². The maximum atomic E-state index is 15.2. The fraction of sp³-hybridized carbons (Fsp3) is 0.143. The lowest BCUT2D eigenvalue weighted by molar-refractivity contribution is -0.127. The molecule has 0 spiro atoms. The molecule has 0 aromatic heterocycles. The van der Waals surface area contributed by atoms with E-state index in [1.807, 2.05) is 18.2 Å². The van der Waals surface area contributed by atoms with Crippen molar-refractivity contribution < 1.29 is 17.6 Å². The molecular formula is C28H20F4. The summed E-state index contributed by atoms with van der Waals surface area (Å²) >= 11 is 0. The predicted molar refractivity (Wildman–Crippen MR) is 121 cm³/mol. The molecule has 4 rings (SSSR count). The molecule has 160 valence electrons. The average molecular weight is 432 g/mol. The SMILES string of the molecule is CCc1ccc(C#Cc2ccc3c(F)c(-c4ccc(CC(F)(F)F)cc4)ccc3c2)cc1. The minimum atomic E-state index is -4.27. The van der Waals surface area contributed by atoms with E-state index in [0.29, 0.717) is 21.9 Å². The van der Waals surface area contributed by atoms with Crippen LogP contribution in [0.4, 0.5) is 17.6 Å². The molecule has 0 saturated heterocycles. The van der Waals surface area contributed by atoms with Crippen LogP contribution in [0.1, 0.15) is 29.2 Å². The van der Waals surface area contributed by atoms with Gasteiger partial charge in [-0.1, -0.05) is 73.4 Å². The second-order valence-electron chi connectivity index (χ2n) is 7.65. The van der Waals surface area contributed by atoms with E-state index in [1.54, 1.807) is 24.3 Å². The highest BCUT2D eigenvalue weighted by molar-refractivity contribution is 5.89. The molecule has 0 aliphatic rings. The van der Waals surface area contributed by atoms with Gasteiger partial charge in [-0.25, -0.2) is 4.39 Å². The Bertz CT molecular complexity index is 1300. The summed E-state index contributed by atoms with van der Waals surface area (Å²) in [6.07, 6.45) is -4.29. The van der Waals surface area contributed by atoms with Gasteiger partial charge in [0.2, 0.25) is 0 Å². The van der Waals surface area contributed by atoms with Gasteiger partial charge in [0.05, 0.1) is 6.42 Å². The van der Waals surface area contributed by atoms with Crippen molar-refractivity contribution in [3.8, 4) is 23.0 Å². The van der Waals surface area contributed by atoms with Gasteiger partial charge >= 0.3 is 6.18 Å². The van der Waals surface area contributed by atoms with Crippen molar-refractivity contribution in [3.05, 3.63) is 107 Å². The van der Waals surface area contributed by atoms with Gasteiger partial charge in [-0.3, -0.25) is 0 Å². The van der Waals surface area contributed by atoms with Gasteiger partial charge in [-0.2, -0.15) is 13.2 Å². The molecular weight excluding hydrogens is 412 g/mol. The van der Waals surface area contributed by atoms with Gasteiger partial charge in [0.25, 0.3) is 0 Å². The van der Waals surface area contributed by atoms with E-state index in [0.717, 1.165) is 17.5 Å². The standard InChI is InChI=1S/C28H20F4/c1-2-19-3-5-20(6-4-19)7-8-21-11-15-26-24(17-21)14-16-25(27(26)29)23-12-9-22(10-13-23)18-28(30,31)32/h3-6,9-17H,2,18H2,1H3.